The monoisotopic (exact) mass is 729 g/mol. The molecule has 0 aliphatic heterocycles. The lowest BCUT2D eigenvalue weighted by Crippen LogP contribution is -1.93. The van der Waals surface area contributed by atoms with Crippen molar-refractivity contribution >= 4 is 65.8 Å². The first-order valence-electron chi connectivity index (χ1n) is 19.1. The zero-order chi connectivity index (χ0) is 37.5. The molecule has 8 aromatic carbocycles. The van der Waals surface area contributed by atoms with E-state index in [0.29, 0.717) is 5.58 Å². The van der Waals surface area contributed by atoms with Gasteiger partial charge < -0.3 is 13.4 Å². The molecule has 57 heavy (non-hydrogen) atoms. The Morgan fingerprint density at radius 1 is 0.386 bits per heavy atom. The Bertz CT molecular complexity index is 3500. The van der Waals surface area contributed by atoms with E-state index in [1.807, 2.05) is 24.3 Å². The normalized spacial score (nSPS) is 11.9. The molecule has 0 radical (unpaired) electrons. The molecule has 0 saturated carbocycles. The third kappa shape index (κ3) is 4.96. The Hall–Kier alpha value is -7.76. The van der Waals surface area contributed by atoms with Gasteiger partial charge in [0, 0.05) is 38.2 Å². The lowest BCUT2D eigenvalue weighted by molar-refractivity contribution is 0.667. The number of rotatable bonds is 5. The number of nitrogens with zero attached hydrogens (tertiary/aromatic N) is 3. The van der Waals surface area contributed by atoms with Gasteiger partial charge in [-0.15, -0.1) is 0 Å². The van der Waals surface area contributed by atoms with E-state index in [1.165, 1.54) is 32.9 Å². The number of hydrogen-bond donors (Lipinski definition) is 0. The van der Waals surface area contributed by atoms with Crippen molar-refractivity contribution in [2.75, 3.05) is 0 Å². The highest BCUT2D eigenvalue weighted by Gasteiger charge is 2.21. The van der Waals surface area contributed by atoms with Crippen LogP contribution in [0.25, 0.3) is 116 Å². The highest BCUT2D eigenvalue weighted by atomic mass is 16.3. The van der Waals surface area contributed by atoms with Gasteiger partial charge in [-0.3, -0.25) is 0 Å². The molecule has 4 heterocycles. The highest BCUT2D eigenvalue weighted by Crippen LogP contribution is 2.42. The van der Waals surface area contributed by atoms with Gasteiger partial charge in [0.25, 0.3) is 0 Å². The first kappa shape index (κ1) is 31.6. The van der Waals surface area contributed by atoms with Crippen molar-refractivity contribution in [3.63, 3.8) is 0 Å². The molecule has 0 N–H and O–H groups in total. The molecule has 266 valence electrons. The molecule has 0 spiro atoms. The van der Waals surface area contributed by atoms with Crippen LogP contribution in [0.15, 0.2) is 197 Å². The maximum atomic E-state index is 6.59. The molecule has 0 saturated heterocycles. The Labute approximate surface area is 326 Å². The molecule has 5 heteroatoms. The van der Waals surface area contributed by atoms with E-state index in [0.717, 1.165) is 77.6 Å². The van der Waals surface area contributed by atoms with Crippen LogP contribution in [0.1, 0.15) is 0 Å². The summed E-state index contributed by atoms with van der Waals surface area (Å²) in [7, 11) is 0. The number of aromatic nitrogens is 3. The van der Waals surface area contributed by atoms with Gasteiger partial charge in [-0.25, -0.2) is 9.97 Å². The summed E-state index contributed by atoms with van der Waals surface area (Å²) in [5.41, 5.74) is 15.8. The van der Waals surface area contributed by atoms with E-state index in [1.54, 1.807) is 6.33 Å². The van der Waals surface area contributed by atoms with E-state index in [9.17, 15) is 0 Å². The number of furan rings is 2. The fraction of sp³-hybridized carbons (Fsp3) is 0. The summed E-state index contributed by atoms with van der Waals surface area (Å²) in [5.74, 6) is 0. The zero-order valence-corrected chi connectivity index (χ0v) is 30.6. The molecule has 0 atom stereocenters. The fourth-order valence-electron chi connectivity index (χ4n) is 8.64. The van der Waals surface area contributed by atoms with E-state index in [-0.39, 0.29) is 0 Å². The smallest absolute Gasteiger partial charge is 0.180 e. The standard InChI is InChI=1S/C52H31N3O2/c1-3-10-32(11-4-1)33-18-20-34(21-19-33)35-23-27-47-43(29-35)51-52(57-47)50(53-31-54-51)41-15-9-17-48-49(41)42-28-36(24-26-46(42)56-48)37-22-25-40-39-14-7-8-16-44(39)55(45(40)30-37)38-12-5-2-6-13-38/h1-31H. The number of benzene rings is 8. The van der Waals surface area contributed by atoms with Crippen LogP contribution in [0.4, 0.5) is 0 Å². The summed E-state index contributed by atoms with van der Waals surface area (Å²) < 4.78 is 15.4. The molecule has 5 nitrogen and oxygen atoms in total. The molecule has 0 amide bonds. The van der Waals surface area contributed by atoms with Crippen molar-refractivity contribution in [2.45, 2.75) is 0 Å². The van der Waals surface area contributed by atoms with Gasteiger partial charge in [-0.2, -0.15) is 0 Å². The Balaban J connectivity index is 0.985. The largest absolute Gasteiger partial charge is 0.456 e. The second-order valence-electron chi connectivity index (χ2n) is 14.6. The van der Waals surface area contributed by atoms with Gasteiger partial charge in [0.05, 0.1) is 11.0 Å². The number of fused-ring (bicyclic) bond motifs is 9. The molecule has 0 fully saturated rings. The molecular formula is C52H31N3O2. The molecule has 0 unspecified atom stereocenters. The predicted octanol–water partition coefficient (Wildman–Crippen LogP) is 14.0. The lowest BCUT2D eigenvalue weighted by Gasteiger charge is -2.09. The van der Waals surface area contributed by atoms with Gasteiger partial charge in [0.15, 0.2) is 5.58 Å². The van der Waals surface area contributed by atoms with Crippen LogP contribution in [0.2, 0.25) is 0 Å². The molecule has 12 rings (SSSR count). The van der Waals surface area contributed by atoms with Gasteiger partial charge in [-0.1, -0.05) is 127 Å². The third-order valence-electron chi connectivity index (χ3n) is 11.3. The van der Waals surface area contributed by atoms with Crippen molar-refractivity contribution in [1.29, 1.82) is 0 Å². The summed E-state index contributed by atoms with van der Waals surface area (Å²) in [5, 5.41) is 5.42. The van der Waals surface area contributed by atoms with E-state index >= 15 is 0 Å². The van der Waals surface area contributed by atoms with Crippen molar-refractivity contribution < 1.29 is 8.83 Å². The van der Waals surface area contributed by atoms with Crippen molar-refractivity contribution in [3.05, 3.63) is 188 Å². The summed E-state index contributed by atoms with van der Waals surface area (Å²) in [6.45, 7) is 0. The van der Waals surface area contributed by atoms with Crippen molar-refractivity contribution in [1.82, 2.24) is 14.5 Å². The minimum atomic E-state index is 0.654. The van der Waals surface area contributed by atoms with Gasteiger partial charge in [0.2, 0.25) is 0 Å². The van der Waals surface area contributed by atoms with E-state index in [4.69, 9.17) is 18.8 Å². The van der Waals surface area contributed by atoms with Crippen LogP contribution >= 0.6 is 0 Å². The fourth-order valence-corrected chi connectivity index (χ4v) is 8.64. The van der Waals surface area contributed by atoms with Gasteiger partial charge in [0.1, 0.15) is 34.3 Å². The first-order chi connectivity index (χ1) is 28.2. The van der Waals surface area contributed by atoms with Crippen molar-refractivity contribution in [2.24, 2.45) is 0 Å². The lowest BCUT2D eigenvalue weighted by atomic mass is 9.98. The Morgan fingerprint density at radius 3 is 1.82 bits per heavy atom. The van der Waals surface area contributed by atoms with Crippen LogP contribution in [-0.2, 0) is 0 Å². The zero-order valence-electron chi connectivity index (χ0n) is 30.6. The van der Waals surface area contributed by atoms with Crippen LogP contribution in [0, 0.1) is 0 Å². The SMILES string of the molecule is c1ccc(-c2ccc(-c3ccc4oc5c(-c6cccc7oc8ccc(-c9ccc%10c%11ccccc%11n(-c%11ccccc%11)c%10c9)cc8c67)ncnc5c4c3)cc2)cc1. The molecule has 4 aromatic heterocycles. The topological polar surface area (TPSA) is 57.0 Å². The molecule has 0 aliphatic carbocycles. The van der Waals surface area contributed by atoms with Crippen LogP contribution in [0.3, 0.4) is 0 Å². The average Bonchev–Trinajstić information content (AvgIpc) is 3.96. The molecule has 0 aliphatic rings. The number of hydrogen-bond acceptors (Lipinski definition) is 4. The van der Waals surface area contributed by atoms with Crippen LogP contribution in [-0.4, -0.2) is 14.5 Å². The first-order valence-corrected chi connectivity index (χ1v) is 19.1. The Morgan fingerprint density at radius 2 is 1.00 bits per heavy atom. The van der Waals surface area contributed by atoms with Crippen LogP contribution < -0.4 is 0 Å². The van der Waals surface area contributed by atoms with Crippen molar-refractivity contribution in [3.8, 4) is 50.3 Å². The Kier molecular flexibility index (Phi) is 6.86. The molecular weight excluding hydrogens is 699 g/mol. The molecule has 0 bridgehead atoms. The summed E-state index contributed by atoms with van der Waals surface area (Å²) in [6.07, 6.45) is 1.64. The minimum absolute atomic E-state index is 0.654. The molecule has 12 aromatic rings. The van der Waals surface area contributed by atoms with Crippen LogP contribution in [0.5, 0.6) is 0 Å². The second kappa shape index (κ2) is 12.4. The minimum Gasteiger partial charge on any atom is -0.456 e. The van der Waals surface area contributed by atoms with Gasteiger partial charge in [-0.05, 0) is 88.0 Å². The average molecular weight is 730 g/mol. The third-order valence-corrected chi connectivity index (χ3v) is 11.3. The van der Waals surface area contributed by atoms with E-state index in [2.05, 4.69) is 162 Å². The predicted molar refractivity (Wildman–Crippen MR) is 233 cm³/mol. The van der Waals surface area contributed by atoms with Gasteiger partial charge >= 0.3 is 0 Å². The maximum absolute atomic E-state index is 6.59. The summed E-state index contributed by atoms with van der Waals surface area (Å²) in [6, 6.07) is 64.1. The summed E-state index contributed by atoms with van der Waals surface area (Å²) in [4.78, 5) is 9.62. The maximum Gasteiger partial charge on any atom is 0.180 e. The highest BCUT2D eigenvalue weighted by molar-refractivity contribution is 6.17. The van der Waals surface area contributed by atoms with E-state index < -0.39 is 0 Å². The number of para-hydroxylation sites is 2. The quantitative estimate of drug-likeness (QED) is 0.177. The second-order valence-corrected chi connectivity index (χ2v) is 14.6. The summed E-state index contributed by atoms with van der Waals surface area (Å²) >= 11 is 0.